The van der Waals surface area contributed by atoms with Gasteiger partial charge in [0.15, 0.2) is 5.82 Å². The van der Waals surface area contributed by atoms with E-state index in [9.17, 15) is 4.79 Å². The summed E-state index contributed by atoms with van der Waals surface area (Å²) in [5.41, 5.74) is 1.27. The van der Waals surface area contributed by atoms with E-state index < -0.39 is 0 Å². The third kappa shape index (κ3) is 2.19. The number of nitrogens with zero attached hydrogens (tertiary/aromatic N) is 3. The van der Waals surface area contributed by atoms with Gasteiger partial charge in [0.1, 0.15) is 11.8 Å². The molecule has 0 unspecified atom stereocenters. The van der Waals surface area contributed by atoms with Gasteiger partial charge in [-0.3, -0.25) is 4.79 Å². The zero-order valence-corrected chi connectivity index (χ0v) is 10.8. The summed E-state index contributed by atoms with van der Waals surface area (Å²) in [6, 6.07) is 0. The maximum Gasteiger partial charge on any atom is 0.256 e. The van der Waals surface area contributed by atoms with Crippen LogP contribution in [0.2, 0.25) is 0 Å². The lowest BCUT2D eigenvalue weighted by Gasteiger charge is -2.00. The van der Waals surface area contributed by atoms with Crippen LogP contribution >= 0.6 is 0 Å². The predicted molar refractivity (Wildman–Crippen MR) is 65.9 cm³/mol. The zero-order chi connectivity index (χ0) is 13.5. The molecule has 0 bridgehead atoms. The lowest BCUT2D eigenvalue weighted by atomic mass is 10.2. The number of hydrogen-bond donors (Lipinski definition) is 1. The number of carbonyl (C=O) groups is 1. The highest BCUT2D eigenvalue weighted by Gasteiger charge is 2.32. The molecule has 0 aromatic carbocycles. The lowest BCUT2D eigenvalue weighted by Crippen LogP contribution is -2.24. The van der Waals surface area contributed by atoms with Crippen LogP contribution in [0.25, 0.3) is 0 Å². The number of aromatic nitrogens is 3. The molecule has 7 nitrogen and oxygen atoms in total. The van der Waals surface area contributed by atoms with E-state index in [1.54, 1.807) is 0 Å². The molecule has 1 N–H and O–H groups in total. The van der Waals surface area contributed by atoms with E-state index >= 15 is 0 Å². The molecule has 2 aromatic rings. The van der Waals surface area contributed by atoms with Crippen LogP contribution in [0.5, 0.6) is 0 Å². The van der Waals surface area contributed by atoms with Gasteiger partial charge in [-0.1, -0.05) is 10.3 Å². The van der Waals surface area contributed by atoms with Crippen LogP contribution in [-0.2, 0) is 6.54 Å². The van der Waals surface area contributed by atoms with Crippen molar-refractivity contribution < 1.29 is 13.8 Å². The molecule has 2 heterocycles. The van der Waals surface area contributed by atoms with Gasteiger partial charge in [-0.25, -0.2) is 0 Å². The summed E-state index contributed by atoms with van der Waals surface area (Å²) in [6.07, 6.45) is 5.76. The summed E-state index contributed by atoms with van der Waals surface area (Å²) in [7, 11) is 0. The third-order valence-electron chi connectivity index (χ3n) is 3.62. The van der Waals surface area contributed by atoms with Crippen LogP contribution in [0.1, 0.15) is 65.3 Å². The Hall–Kier alpha value is -2.18. The molecule has 0 spiro atoms. The molecule has 4 rings (SSSR count). The molecule has 2 aromatic heterocycles. The molecule has 0 aliphatic heterocycles. The summed E-state index contributed by atoms with van der Waals surface area (Å²) in [5.74, 6) is 1.78. The SMILES string of the molecule is O=C(NCc1noc(C2CC2)n1)c1conc1C1CC1. The second kappa shape index (κ2) is 4.43. The van der Waals surface area contributed by atoms with E-state index in [2.05, 4.69) is 20.6 Å². The average Bonchev–Trinajstić information content (AvgIpc) is 3.39. The summed E-state index contributed by atoms with van der Waals surface area (Å²) in [6.45, 7) is 0.254. The van der Waals surface area contributed by atoms with Crippen LogP contribution in [0.15, 0.2) is 15.3 Å². The Morgan fingerprint density at radius 2 is 2.05 bits per heavy atom. The van der Waals surface area contributed by atoms with Crippen LogP contribution in [-0.4, -0.2) is 21.2 Å². The quantitative estimate of drug-likeness (QED) is 0.892. The maximum absolute atomic E-state index is 12.1. The highest BCUT2D eigenvalue weighted by molar-refractivity contribution is 5.95. The van der Waals surface area contributed by atoms with Gasteiger partial charge in [-0.2, -0.15) is 4.98 Å². The van der Waals surface area contributed by atoms with Crippen molar-refractivity contribution in [1.29, 1.82) is 0 Å². The van der Waals surface area contributed by atoms with E-state index in [1.807, 2.05) is 0 Å². The summed E-state index contributed by atoms with van der Waals surface area (Å²) in [4.78, 5) is 16.4. The molecule has 7 heteroatoms. The van der Waals surface area contributed by atoms with Crippen LogP contribution in [0, 0.1) is 0 Å². The molecule has 0 atom stereocenters. The van der Waals surface area contributed by atoms with Crippen molar-refractivity contribution >= 4 is 5.91 Å². The summed E-state index contributed by atoms with van der Waals surface area (Å²) < 4.78 is 10.0. The van der Waals surface area contributed by atoms with Crippen molar-refractivity contribution in [2.24, 2.45) is 0 Å². The Morgan fingerprint density at radius 1 is 1.25 bits per heavy atom. The van der Waals surface area contributed by atoms with Gasteiger partial charge in [-0.15, -0.1) is 0 Å². The predicted octanol–water partition coefficient (Wildman–Crippen LogP) is 1.74. The number of carbonyl (C=O) groups excluding carboxylic acids is 1. The second-order valence-corrected chi connectivity index (χ2v) is 5.39. The standard InChI is InChI=1S/C13H14N4O3/c18-12(9-6-19-17-11(9)7-1-2-7)14-5-10-15-13(20-16-10)8-3-4-8/h6-8H,1-5H2,(H,14,18). The minimum Gasteiger partial charge on any atom is -0.364 e. The third-order valence-corrected chi connectivity index (χ3v) is 3.62. The summed E-state index contributed by atoms with van der Waals surface area (Å²) >= 11 is 0. The second-order valence-electron chi connectivity index (χ2n) is 5.39. The van der Waals surface area contributed by atoms with Crippen molar-refractivity contribution in [2.45, 2.75) is 44.1 Å². The number of hydrogen-bond acceptors (Lipinski definition) is 6. The Balaban J connectivity index is 1.40. The molecule has 104 valence electrons. The minimum atomic E-state index is -0.203. The van der Waals surface area contributed by atoms with Gasteiger partial charge in [-0.05, 0) is 25.7 Å². The van der Waals surface area contributed by atoms with Gasteiger partial charge in [0.25, 0.3) is 5.91 Å². The minimum absolute atomic E-state index is 0.203. The maximum atomic E-state index is 12.1. The number of nitrogens with one attached hydrogen (secondary N) is 1. The fourth-order valence-corrected chi connectivity index (χ4v) is 2.16. The van der Waals surface area contributed by atoms with E-state index in [0.29, 0.717) is 29.1 Å². The van der Waals surface area contributed by atoms with Gasteiger partial charge in [0.05, 0.1) is 12.2 Å². The Kier molecular flexibility index (Phi) is 2.58. The highest BCUT2D eigenvalue weighted by Crippen LogP contribution is 2.40. The molecule has 2 saturated carbocycles. The van der Waals surface area contributed by atoms with Gasteiger partial charge in [0, 0.05) is 11.8 Å². The zero-order valence-electron chi connectivity index (χ0n) is 10.8. The van der Waals surface area contributed by atoms with E-state index in [1.165, 1.54) is 6.26 Å². The molecular formula is C13H14N4O3. The molecule has 2 aliphatic carbocycles. The fourth-order valence-electron chi connectivity index (χ4n) is 2.16. The Labute approximate surface area is 114 Å². The van der Waals surface area contributed by atoms with Crippen molar-refractivity contribution in [3.8, 4) is 0 Å². The first-order chi connectivity index (χ1) is 9.81. The molecule has 2 aliphatic rings. The molecule has 0 radical (unpaired) electrons. The molecule has 20 heavy (non-hydrogen) atoms. The first-order valence-electron chi connectivity index (χ1n) is 6.86. The first-order valence-corrected chi connectivity index (χ1v) is 6.86. The van der Waals surface area contributed by atoms with Gasteiger partial charge >= 0.3 is 0 Å². The largest absolute Gasteiger partial charge is 0.364 e. The van der Waals surface area contributed by atoms with E-state index in [0.717, 1.165) is 31.4 Å². The van der Waals surface area contributed by atoms with Crippen molar-refractivity contribution in [3.63, 3.8) is 0 Å². The molecular weight excluding hydrogens is 260 g/mol. The average molecular weight is 274 g/mol. The normalized spacial score (nSPS) is 18.2. The van der Waals surface area contributed by atoms with Crippen molar-refractivity contribution in [2.75, 3.05) is 0 Å². The Morgan fingerprint density at radius 3 is 2.80 bits per heavy atom. The van der Waals surface area contributed by atoms with Crippen LogP contribution < -0.4 is 5.32 Å². The van der Waals surface area contributed by atoms with E-state index in [-0.39, 0.29) is 12.5 Å². The molecule has 0 saturated heterocycles. The van der Waals surface area contributed by atoms with E-state index in [4.69, 9.17) is 9.05 Å². The fraction of sp³-hybridized carbons (Fsp3) is 0.538. The van der Waals surface area contributed by atoms with Gasteiger partial charge in [0.2, 0.25) is 5.89 Å². The number of amides is 1. The monoisotopic (exact) mass is 274 g/mol. The highest BCUT2D eigenvalue weighted by atomic mass is 16.5. The van der Waals surface area contributed by atoms with Crippen LogP contribution in [0.3, 0.4) is 0 Å². The topological polar surface area (TPSA) is 94.1 Å². The smallest absolute Gasteiger partial charge is 0.256 e. The molecule has 2 fully saturated rings. The van der Waals surface area contributed by atoms with Crippen LogP contribution in [0.4, 0.5) is 0 Å². The molecule has 1 amide bonds. The Bertz CT molecular complexity index is 640. The van der Waals surface area contributed by atoms with Gasteiger partial charge < -0.3 is 14.4 Å². The first kappa shape index (κ1) is 11.6. The number of rotatable bonds is 5. The summed E-state index contributed by atoms with van der Waals surface area (Å²) in [5, 5.41) is 10.5. The lowest BCUT2D eigenvalue weighted by molar-refractivity contribution is 0.0948. The van der Waals surface area contributed by atoms with Crippen molar-refractivity contribution in [3.05, 3.63) is 29.2 Å². The van der Waals surface area contributed by atoms with Crippen molar-refractivity contribution in [1.82, 2.24) is 20.6 Å².